The molecule has 24 heavy (non-hydrogen) atoms. The third kappa shape index (κ3) is 8.69. The van der Waals surface area contributed by atoms with Crippen LogP contribution in [0.1, 0.15) is 6.42 Å². The predicted octanol–water partition coefficient (Wildman–Crippen LogP) is 6.18. The van der Waals surface area contributed by atoms with Gasteiger partial charge in [-0.05, 0) is 24.3 Å². The zero-order valence-corrected chi connectivity index (χ0v) is 16.8. The van der Waals surface area contributed by atoms with Crippen LogP contribution in [0, 0.1) is 0 Å². The second-order valence-corrected chi connectivity index (χ2v) is 7.16. The molecule has 0 saturated carbocycles. The molecule has 4 nitrogen and oxygen atoms in total. The molecular weight excluding hydrogens is 383 g/mol. The van der Waals surface area contributed by atoms with E-state index in [1.54, 1.807) is 14.2 Å². The molecule has 0 fully saturated rings. The van der Waals surface area contributed by atoms with Crippen LogP contribution in [-0.4, -0.2) is 27.3 Å². The summed E-state index contributed by atoms with van der Waals surface area (Å²) in [5.41, 5.74) is 1.94. The second kappa shape index (κ2) is 13.3. The van der Waals surface area contributed by atoms with Crippen LogP contribution in [0.25, 0.3) is 10.6 Å². The standard InChI is InChI=1S/C17H20N2O2.2ClH.Ti/c1-20-16-8-4-14(5-9-16)18-12-3-13-19-15-6-10-17(21-2)11-7-15;;;/h4-11H,3,12-13H2,1-2H3;2*1H;/q-2;;;+2/p-2. The first kappa shape index (κ1) is 21.0. The van der Waals surface area contributed by atoms with E-state index in [0.717, 1.165) is 42.4 Å². The quantitative estimate of drug-likeness (QED) is 0.390. The summed E-state index contributed by atoms with van der Waals surface area (Å²) < 4.78 is 10.2. The summed E-state index contributed by atoms with van der Waals surface area (Å²) in [6, 6.07) is 15.5. The van der Waals surface area contributed by atoms with Crippen molar-refractivity contribution < 1.29 is 26.5 Å². The molecule has 0 aliphatic carbocycles. The fourth-order valence-corrected chi connectivity index (χ4v) is 1.86. The Bertz CT molecular complexity index is 504. The first-order valence-electron chi connectivity index (χ1n) is 7.33. The van der Waals surface area contributed by atoms with Crippen molar-refractivity contribution in [3.05, 3.63) is 59.2 Å². The first-order chi connectivity index (χ1) is 11.7. The number of hydrogen-bond donors (Lipinski definition) is 0. The fraction of sp³-hybridized carbons (Fsp3) is 0.294. The summed E-state index contributed by atoms with van der Waals surface area (Å²) in [6.07, 6.45) is 0.929. The van der Waals surface area contributed by atoms with Crippen molar-refractivity contribution in [3.8, 4) is 11.5 Å². The third-order valence-electron chi connectivity index (χ3n) is 3.05. The summed E-state index contributed by atoms with van der Waals surface area (Å²) in [5, 5.41) is 9.01. The van der Waals surface area contributed by atoms with Gasteiger partial charge in [0.05, 0.1) is 14.2 Å². The number of ether oxygens (including phenoxy) is 2. The van der Waals surface area contributed by atoms with Gasteiger partial charge in [-0.3, -0.25) is 0 Å². The minimum atomic E-state index is -0.556. The van der Waals surface area contributed by atoms with Crippen molar-refractivity contribution in [2.45, 2.75) is 6.42 Å². The van der Waals surface area contributed by atoms with E-state index in [-0.39, 0.29) is 0 Å². The first-order valence-corrected chi connectivity index (χ1v) is 11.6. The molecule has 0 radical (unpaired) electrons. The molecule has 0 amide bonds. The molecule has 0 N–H and O–H groups in total. The number of hydrogen-bond acceptors (Lipinski definition) is 2. The van der Waals surface area contributed by atoms with Crippen LogP contribution in [0.15, 0.2) is 48.5 Å². The molecule has 130 valence electrons. The van der Waals surface area contributed by atoms with Crippen LogP contribution in [0.4, 0.5) is 11.4 Å². The van der Waals surface area contributed by atoms with Crippen LogP contribution >= 0.6 is 18.6 Å². The van der Waals surface area contributed by atoms with Crippen LogP contribution in [0.3, 0.4) is 0 Å². The fourth-order valence-electron chi connectivity index (χ4n) is 1.86. The predicted molar refractivity (Wildman–Crippen MR) is 98.1 cm³/mol. The Kier molecular flexibility index (Phi) is 11.6. The van der Waals surface area contributed by atoms with E-state index < -0.39 is 17.0 Å². The summed E-state index contributed by atoms with van der Waals surface area (Å²) >= 11 is -0.556. The van der Waals surface area contributed by atoms with E-state index in [1.165, 1.54) is 0 Å². The molecule has 0 heterocycles. The molecule has 2 rings (SSSR count). The van der Waals surface area contributed by atoms with Crippen LogP contribution in [0.2, 0.25) is 0 Å². The average Bonchev–Trinajstić information content (AvgIpc) is 2.63. The molecule has 2 aromatic carbocycles. The van der Waals surface area contributed by atoms with Gasteiger partial charge in [0.2, 0.25) is 0 Å². The SMILES string of the molecule is COc1ccc([N-]CCC[N-]c2ccc(OC)cc2)cc1.[Cl][Ti][Cl]. The number of benzene rings is 2. The van der Waals surface area contributed by atoms with Crippen LogP contribution in [-0.2, 0) is 17.0 Å². The van der Waals surface area contributed by atoms with Gasteiger partial charge in [-0.1, -0.05) is 30.7 Å². The Hall–Kier alpha value is -1.07. The number of nitrogens with zero attached hydrogens (tertiary/aromatic N) is 2. The molecule has 0 aliphatic heterocycles. The summed E-state index contributed by atoms with van der Waals surface area (Å²) in [5.74, 6) is 1.70. The van der Waals surface area contributed by atoms with Crippen molar-refractivity contribution in [1.82, 2.24) is 0 Å². The molecule has 0 bridgehead atoms. The summed E-state index contributed by atoms with van der Waals surface area (Å²) in [7, 11) is 13.1. The third-order valence-corrected chi connectivity index (χ3v) is 3.05. The normalized spacial score (nSPS) is 9.33. The van der Waals surface area contributed by atoms with Crippen molar-refractivity contribution in [1.29, 1.82) is 0 Å². The van der Waals surface area contributed by atoms with Crippen LogP contribution in [0.5, 0.6) is 11.5 Å². The molecule has 2 aromatic rings. The Labute approximate surface area is 160 Å². The summed E-state index contributed by atoms with van der Waals surface area (Å²) in [4.78, 5) is 0. The molecule has 0 aromatic heterocycles. The van der Waals surface area contributed by atoms with E-state index in [0.29, 0.717) is 0 Å². The van der Waals surface area contributed by atoms with Crippen molar-refractivity contribution in [2.24, 2.45) is 0 Å². The topological polar surface area (TPSA) is 46.7 Å². The van der Waals surface area contributed by atoms with E-state index in [1.807, 2.05) is 48.5 Å². The van der Waals surface area contributed by atoms with E-state index in [2.05, 4.69) is 10.6 Å². The van der Waals surface area contributed by atoms with Crippen molar-refractivity contribution in [3.63, 3.8) is 0 Å². The number of methoxy groups -OCH3 is 2. The van der Waals surface area contributed by atoms with E-state index in [4.69, 9.17) is 28.1 Å². The molecular formula is C17H20Cl2N2O2Ti-2. The Morgan fingerprint density at radius 1 is 0.750 bits per heavy atom. The molecule has 0 unspecified atom stereocenters. The van der Waals surface area contributed by atoms with Gasteiger partial charge in [0.1, 0.15) is 11.5 Å². The maximum atomic E-state index is 5.11. The second-order valence-electron chi connectivity index (χ2n) is 4.58. The van der Waals surface area contributed by atoms with Gasteiger partial charge in [-0.15, -0.1) is 24.5 Å². The van der Waals surface area contributed by atoms with E-state index >= 15 is 0 Å². The zero-order chi connectivity index (χ0) is 17.6. The Morgan fingerprint density at radius 3 is 1.38 bits per heavy atom. The molecule has 0 aliphatic rings. The van der Waals surface area contributed by atoms with Gasteiger partial charge in [0.25, 0.3) is 0 Å². The van der Waals surface area contributed by atoms with Gasteiger partial charge in [0, 0.05) is 0 Å². The van der Waals surface area contributed by atoms with Gasteiger partial charge in [-0.2, -0.15) is 0 Å². The van der Waals surface area contributed by atoms with Gasteiger partial charge < -0.3 is 20.1 Å². The molecule has 0 spiro atoms. The van der Waals surface area contributed by atoms with Gasteiger partial charge >= 0.3 is 35.6 Å². The maximum absolute atomic E-state index is 5.11. The zero-order valence-electron chi connectivity index (χ0n) is 13.7. The minimum absolute atomic E-state index is 0.556. The Balaban J connectivity index is 0.000000891. The summed E-state index contributed by atoms with van der Waals surface area (Å²) in [6.45, 7) is 1.54. The molecule has 0 atom stereocenters. The Morgan fingerprint density at radius 2 is 1.08 bits per heavy atom. The van der Waals surface area contributed by atoms with Gasteiger partial charge in [-0.25, -0.2) is 0 Å². The van der Waals surface area contributed by atoms with Crippen molar-refractivity contribution >= 4 is 30.0 Å². The number of halogens is 2. The average molecular weight is 403 g/mol. The number of rotatable bonds is 8. The van der Waals surface area contributed by atoms with Crippen LogP contribution < -0.4 is 9.47 Å². The molecule has 0 saturated heterocycles. The van der Waals surface area contributed by atoms with Gasteiger partial charge in [0.15, 0.2) is 0 Å². The van der Waals surface area contributed by atoms with E-state index in [9.17, 15) is 0 Å². The van der Waals surface area contributed by atoms with Crippen molar-refractivity contribution in [2.75, 3.05) is 27.3 Å². The monoisotopic (exact) mass is 402 g/mol. The molecule has 7 heteroatoms.